The molecule has 0 N–H and O–H groups in total. The monoisotopic (exact) mass is 263 g/mol. The van der Waals surface area contributed by atoms with Crippen molar-refractivity contribution in [3.05, 3.63) is 24.3 Å². The first kappa shape index (κ1) is 13.1. The Balaban J connectivity index is 2.31. The topological polar surface area (TPSA) is 29.5 Å². The number of para-hydroxylation sites is 1. The Hall–Kier alpha value is -1.29. The average molecular weight is 263 g/mol. The smallest absolute Gasteiger partial charge is 0.414 e. The first-order valence-electron chi connectivity index (χ1n) is 6.31. The number of rotatable bonds is 0. The number of fused-ring (bicyclic) bond motifs is 1. The van der Waals surface area contributed by atoms with Crippen molar-refractivity contribution in [1.82, 2.24) is 0 Å². The van der Waals surface area contributed by atoms with Crippen LogP contribution in [0.1, 0.15) is 20.8 Å². The fraction of sp³-hybridized carbons (Fsp3) is 0.500. The molecule has 0 saturated heterocycles. The summed E-state index contributed by atoms with van der Waals surface area (Å²) in [5.41, 5.74) is 0.587. The Kier molecular flexibility index (Phi) is 3.01. The standard InChI is InChI=1S/C14H21NO2Si/c1-14(2,3)17-13(16)15-10-18(4,5)12-9-7-6-8-11(12)15/h6-9H,10H2,1-5H3. The number of carbonyl (C=O) groups excluding carboxylic acids is 1. The van der Waals surface area contributed by atoms with Crippen molar-refractivity contribution in [2.75, 3.05) is 11.1 Å². The minimum absolute atomic E-state index is 0.229. The van der Waals surface area contributed by atoms with Gasteiger partial charge in [0.05, 0.1) is 0 Å². The van der Waals surface area contributed by atoms with Gasteiger partial charge in [0.25, 0.3) is 0 Å². The number of amides is 1. The molecular weight excluding hydrogens is 242 g/mol. The summed E-state index contributed by atoms with van der Waals surface area (Å²) >= 11 is 0. The molecule has 1 aliphatic rings. The molecule has 18 heavy (non-hydrogen) atoms. The highest BCUT2D eigenvalue weighted by Crippen LogP contribution is 2.27. The minimum atomic E-state index is -1.54. The Morgan fingerprint density at radius 2 is 1.89 bits per heavy atom. The summed E-state index contributed by atoms with van der Waals surface area (Å²) in [5, 5.41) is 1.34. The molecule has 0 spiro atoms. The number of nitrogens with zero attached hydrogens (tertiary/aromatic N) is 1. The highest BCUT2D eigenvalue weighted by molar-refractivity contribution is 6.93. The third-order valence-electron chi connectivity index (χ3n) is 3.09. The van der Waals surface area contributed by atoms with E-state index in [-0.39, 0.29) is 6.09 Å². The van der Waals surface area contributed by atoms with Gasteiger partial charge >= 0.3 is 6.09 Å². The zero-order valence-corrected chi connectivity index (χ0v) is 12.8. The zero-order chi connectivity index (χ0) is 13.6. The fourth-order valence-electron chi connectivity index (χ4n) is 2.33. The van der Waals surface area contributed by atoms with Crippen molar-refractivity contribution in [3.8, 4) is 0 Å². The van der Waals surface area contributed by atoms with Gasteiger partial charge < -0.3 is 4.74 Å². The van der Waals surface area contributed by atoms with Gasteiger partial charge in [0.1, 0.15) is 13.7 Å². The van der Waals surface area contributed by atoms with Crippen molar-refractivity contribution in [3.63, 3.8) is 0 Å². The molecule has 0 unspecified atom stereocenters. The molecule has 4 heteroatoms. The van der Waals surface area contributed by atoms with Gasteiger partial charge in [-0.3, -0.25) is 4.90 Å². The van der Waals surface area contributed by atoms with Crippen LogP contribution in [0.5, 0.6) is 0 Å². The Morgan fingerprint density at radius 1 is 1.28 bits per heavy atom. The van der Waals surface area contributed by atoms with Crippen molar-refractivity contribution in [1.29, 1.82) is 0 Å². The van der Waals surface area contributed by atoms with E-state index in [0.717, 1.165) is 11.9 Å². The van der Waals surface area contributed by atoms with Crippen LogP contribution < -0.4 is 10.1 Å². The molecule has 0 saturated carbocycles. The molecule has 1 aliphatic heterocycles. The predicted molar refractivity (Wildman–Crippen MR) is 77.1 cm³/mol. The second-order valence-corrected chi connectivity index (χ2v) is 11.1. The molecule has 1 aromatic carbocycles. The van der Waals surface area contributed by atoms with E-state index in [0.29, 0.717) is 0 Å². The van der Waals surface area contributed by atoms with E-state index in [1.165, 1.54) is 5.19 Å². The van der Waals surface area contributed by atoms with E-state index in [1.807, 2.05) is 39.0 Å². The van der Waals surface area contributed by atoms with Crippen LogP contribution in [0.4, 0.5) is 10.5 Å². The Morgan fingerprint density at radius 3 is 2.50 bits per heavy atom. The third kappa shape index (κ3) is 2.43. The maximum Gasteiger partial charge on any atom is 0.414 e. The lowest BCUT2D eigenvalue weighted by atomic mass is 10.2. The molecule has 0 aliphatic carbocycles. The summed E-state index contributed by atoms with van der Waals surface area (Å²) in [6.45, 7) is 10.3. The summed E-state index contributed by atoms with van der Waals surface area (Å²) < 4.78 is 5.48. The maximum absolute atomic E-state index is 12.2. The van der Waals surface area contributed by atoms with Gasteiger partial charge in [-0.15, -0.1) is 0 Å². The van der Waals surface area contributed by atoms with Crippen LogP contribution in [0.25, 0.3) is 0 Å². The van der Waals surface area contributed by atoms with Crippen molar-refractivity contribution in [2.45, 2.75) is 39.5 Å². The number of ether oxygens (including phenoxy) is 1. The SMILES string of the molecule is CC(C)(C)OC(=O)N1C[Si](C)(C)c2ccccc21. The van der Waals surface area contributed by atoms with E-state index >= 15 is 0 Å². The lowest BCUT2D eigenvalue weighted by molar-refractivity contribution is 0.0587. The molecule has 0 radical (unpaired) electrons. The number of anilines is 1. The molecule has 1 heterocycles. The molecule has 1 amide bonds. The number of benzene rings is 1. The van der Waals surface area contributed by atoms with E-state index in [1.54, 1.807) is 4.90 Å². The van der Waals surface area contributed by atoms with Crippen LogP contribution in [-0.4, -0.2) is 25.9 Å². The van der Waals surface area contributed by atoms with Gasteiger partial charge in [-0.2, -0.15) is 0 Å². The fourth-order valence-corrected chi connectivity index (χ4v) is 5.05. The summed E-state index contributed by atoms with van der Waals surface area (Å²) in [6.07, 6.45) is 0.578. The van der Waals surface area contributed by atoms with Gasteiger partial charge in [-0.1, -0.05) is 31.3 Å². The number of hydrogen-bond donors (Lipinski definition) is 0. The first-order valence-corrected chi connectivity index (χ1v) is 9.51. The largest absolute Gasteiger partial charge is 0.443 e. The summed E-state index contributed by atoms with van der Waals surface area (Å²) in [6, 6.07) is 8.19. The molecule has 3 nitrogen and oxygen atoms in total. The summed E-state index contributed by atoms with van der Waals surface area (Å²) in [5.74, 6) is 0. The number of hydrogen-bond acceptors (Lipinski definition) is 2. The van der Waals surface area contributed by atoms with E-state index in [4.69, 9.17) is 4.74 Å². The normalized spacial score (nSPS) is 17.5. The highest BCUT2D eigenvalue weighted by atomic mass is 28.3. The molecule has 2 rings (SSSR count). The Bertz CT molecular complexity index is 477. The molecule has 0 fully saturated rings. The third-order valence-corrected chi connectivity index (χ3v) is 6.08. The predicted octanol–water partition coefficient (Wildman–Crippen LogP) is 2.90. The lowest BCUT2D eigenvalue weighted by Gasteiger charge is -2.25. The molecule has 0 atom stereocenters. The number of carbonyl (C=O) groups is 1. The minimum Gasteiger partial charge on any atom is -0.443 e. The molecule has 0 bridgehead atoms. The van der Waals surface area contributed by atoms with E-state index < -0.39 is 13.7 Å². The van der Waals surface area contributed by atoms with Crippen LogP contribution in [0, 0.1) is 0 Å². The van der Waals surface area contributed by atoms with Gasteiger partial charge in [-0.25, -0.2) is 4.79 Å². The van der Waals surface area contributed by atoms with Gasteiger partial charge in [0.15, 0.2) is 0 Å². The van der Waals surface area contributed by atoms with Crippen molar-refractivity contribution in [2.24, 2.45) is 0 Å². The van der Waals surface area contributed by atoms with Crippen LogP contribution in [0.15, 0.2) is 24.3 Å². The zero-order valence-electron chi connectivity index (χ0n) is 11.8. The molecule has 1 aromatic rings. The van der Waals surface area contributed by atoms with Crippen molar-refractivity contribution < 1.29 is 9.53 Å². The highest BCUT2D eigenvalue weighted by Gasteiger charge is 2.40. The van der Waals surface area contributed by atoms with Gasteiger partial charge in [0, 0.05) is 11.9 Å². The van der Waals surface area contributed by atoms with Gasteiger partial charge in [-0.05, 0) is 32.0 Å². The summed E-state index contributed by atoms with van der Waals surface area (Å²) in [4.78, 5) is 14.0. The molecular formula is C14H21NO2Si. The van der Waals surface area contributed by atoms with Crippen molar-refractivity contribution >= 4 is 25.0 Å². The molecule has 98 valence electrons. The second kappa shape index (κ2) is 4.12. The first-order chi connectivity index (χ1) is 8.21. The molecule has 0 aromatic heterocycles. The van der Waals surface area contributed by atoms with E-state index in [9.17, 15) is 4.79 Å². The average Bonchev–Trinajstić information content (AvgIpc) is 2.50. The van der Waals surface area contributed by atoms with E-state index in [2.05, 4.69) is 19.2 Å². The van der Waals surface area contributed by atoms with Gasteiger partial charge in [0.2, 0.25) is 0 Å². The quantitative estimate of drug-likeness (QED) is 0.674. The van der Waals surface area contributed by atoms with Crippen LogP contribution in [0.3, 0.4) is 0 Å². The van der Waals surface area contributed by atoms with Crippen LogP contribution >= 0.6 is 0 Å². The maximum atomic E-state index is 12.2. The second-order valence-electron chi connectivity index (χ2n) is 6.47. The summed E-state index contributed by atoms with van der Waals surface area (Å²) in [7, 11) is -1.54. The van der Waals surface area contributed by atoms with Crippen LogP contribution in [0.2, 0.25) is 13.1 Å². The van der Waals surface area contributed by atoms with Crippen LogP contribution in [-0.2, 0) is 4.74 Å². The Labute approximate surface area is 110 Å². The lowest BCUT2D eigenvalue weighted by Crippen LogP contribution is -2.45.